The summed E-state index contributed by atoms with van der Waals surface area (Å²) in [4.78, 5) is 13.0. The average Bonchev–Trinajstić information content (AvgIpc) is 3.49. The molecule has 35 heavy (non-hydrogen) atoms. The van der Waals surface area contributed by atoms with Gasteiger partial charge in [-0.25, -0.2) is 4.68 Å². The largest absolute Gasteiger partial charge is 0.871 e. The number of hydrogen-bond donors (Lipinski definition) is 2. The summed E-state index contributed by atoms with van der Waals surface area (Å²) >= 11 is 0. The van der Waals surface area contributed by atoms with E-state index in [-0.39, 0.29) is 22.7 Å². The van der Waals surface area contributed by atoms with Crippen LogP contribution < -0.4 is 10.7 Å². The first-order valence-corrected chi connectivity index (χ1v) is 10.9. The molecule has 5 rings (SSSR count). The van der Waals surface area contributed by atoms with Crippen molar-refractivity contribution in [2.45, 2.75) is 20.8 Å². The molecule has 0 aliphatic heterocycles. The summed E-state index contributed by atoms with van der Waals surface area (Å²) in [5.74, 6) is 0.127. The number of hydrogen-bond acceptors (Lipinski definition) is 7. The predicted octanol–water partition coefficient (Wildman–Crippen LogP) is 4.43. The van der Waals surface area contributed by atoms with Gasteiger partial charge >= 0.3 is 0 Å². The van der Waals surface area contributed by atoms with Crippen LogP contribution in [0.15, 0.2) is 75.7 Å². The van der Waals surface area contributed by atoms with Crippen LogP contribution in [0.5, 0.6) is 5.75 Å². The summed E-state index contributed by atoms with van der Waals surface area (Å²) in [5.41, 5.74) is 5.25. The lowest BCUT2D eigenvalue weighted by Crippen LogP contribution is -2.14. The topological polar surface area (TPSA) is 140 Å². The Morgan fingerprint density at radius 2 is 1.71 bits per heavy atom. The SMILES string of the molecule is Cc1ccc(-n2[nH]c(C)c(N=Nc3cccc(-c4cccc(-c5nn[nH]n5)c4)c3[O-])c2=O)cc1C. The monoisotopic (exact) mass is 465 g/mol. The molecule has 0 unspecified atom stereocenters. The highest BCUT2D eigenvalue weighted by molar-refractivity contribution is 5.78. The van der Waals surface area contributed by atoms with E-state index in [1.807, 2.05) is 50.2 Å². The minimum absolute atomic E-state index is 0.130. The average molecular weight is 465 g/mol. The van der Waals surface area contributed by atoms with Gasteiger partial charge in [0.15, 0.2) is 5.69 Å². The highest BCUT2D eigenvalue weighted by Gasteiger charge is 2.13. The standard InChI is InChI=1S/C25H22N8O2/c1-14-10-11-19(12-15(14)2)33-25(35)22(16(3)30-33)27-26-21-9-5-8-20(23(21)34)17-6-4-7-18(13-17)24-28-31-32-29-24/h4-13,30,34H,1-3H3,(H,28,29,31,32)/p-1. The number of azo groups is 1. The van der Waals surface area contributed by atoms with E-state index >= 15 is 0 Å². The van der Waals surface area contributed by atoms with Gasteiger partial charge in [0, 0.05) is 5.56 Å². The molecular formula is C25H21N8O2-. The molecule has 3 aromatic carbocycles. The number of aromatic amines is 2. The Balaban J connectivity index is 1.49. The Morgan fingerprint density at radius 3 is 2.49 bits per heavy atom. The molecule has 5 aromatic rings. The molecule has 0 aliphatic rings. The first-order chi connectivity index (χ1) is 16.9. The number of benzene rings is 3. The zero-order chi connectivity index (χ0) is 24.5. The van der Waals surface area contributed by atoms with Gasteiger partial charge in [0.05, 0.1) is 17.1 Å². The molecule has 0 fully saturated rings. The smallest absolute Gasteiger partial charge is 0.299 e. The molecule has 174 valence electrons. The fraction of sp³-hybridized carbons (Fsp3) is 0.120. The van der Waals surface area contributed by atoms with Crippen LogP contribution in [0.25, 0.3) is 28.2 Å². The fourth-order valence-electron chi connectivity index (χ4n) is 3.75. The van der Waals surface area contributed by atoms with Crippen LogP contribution in [0.3, 0.4) is 0 Å². The van der Waals surface area contributed by atoms with Crippen molar-refractivity contribution in [3.63, 3.8) is 0 Å². The van der Waals surface area contributed by atoms with Gasteiger partial charge in [0.25, 0.3) is 5.56 Å². The molecule has 0 atom stereocenters. The van der Waals surface area contributed by atoms with E-state index in [4.69, 9.17) is 0 Å². The van der Waals surface area contributed by atoms with Crippen molar-refractivity contribution in [2.75, 3.05) is 0 Å². The van der Waals surface area contributed by atoms with Gasteiger partial charge in [-0.1, -0.05) is 42.1 Å². The van der Waals surface area contributed by atoms with Crippen molar-refractivity contribution in [3.05, 3.63) is 87.8 Å². The van der Waals surface area contributed by atoms with Crippen LogP contribution in [0.2, 0.25) is 0 Å². The number of nitrogens with zero attached hydrogens (tertiary/aromatic N) is 6. The van der Waals surface area contributed by atoms with Crippen LogP contribution in [-0.4, -0.2) is 30.4 Å². The van der Waals surface area contributed by atoms with E-state index in [2.05, 4.69) is 36.0 Å². The first kappa shape index (κ1) is 22.0. The molecular weight excluding hydrogens is 444 g/mol. The summed E-state index contributed by atoms with van der Waals surface area (Å²) in [6, 6.07) is 18.0. The summed E-state index contributed by atoms with van der Waals surface area (Å²) in [6.45, 7) is 5.74. The van der Waals surface area contributed by atoms with E-state index < -0.39 is 0 Å². The molecule has 2 aromatic heterocycles. The fourth-order valence-corrected chi connectivity index (χ4v) is 3.75. The van der Waals surface area contributed by atoms with Crippen molar-refractivity contribution < 1.29 is 5.11 Å². The zero-order valence-electron chi connectivity index (χ0n) is 19.3. The summed E-state index contributed by atoms with van der Waals surface area (Å²) in [5, 5.41) is 38.4. The maximum Gasteiger partial charge on any atom is 0.299 e. The summed E-state index contributed by atoms with van der Waals surface area (Å²) in [7, 11) is 0. The number of aromatic nitrogens is 6. The number of nitrogens with one attached hydrogen (secondary N) is 2. The minimum Gasteiger partial charge on any atom is -0.871 e. The third-order valence-electron chi connectivity index (χ3n) is 5.82. The number of aryl methyl sites for hydroxylation is 3. The van der Waals surface area contributed by atoms with Gasteiger partial charge in [-0.3, -0.25) is 9.89 Å². The highest BCUT2D eigenvalue weighted by atomic mass is 16.3. The molecule has 2 N–H and O–H groups in total. The van der Waals surface area contributed by atoms with Gasteiger partial charge in [0.2, 0.25) is 5.82 Å². The normalized spacial score (nSPS) is 11.4. The van der Waals surface area contributed by atoms with E-state index in [9.17, 15) is 9.90 Å². The van der Waals surface area contributed by atoms with Crippen molar-refractivity contribution in [3.8, 4) is 34.0 Å². The molecule has 10 nitrogen and oxygen atoms in total. The molecule has 10 heteroatoms. The Labute approximate surface area is 200 Å². The van der Waals surface area contributed by atoms with Crippen molar-refractivity contribution in [2.24, 2.45) is 10.2 Å². The molecule has 2 heterocycles. The van der Waals surface area contributed by atoms with Crippen molar-refractivity contribution in [1.29, 1.82) is 0 Å². The minimum atomic E-state index is -0.342. The van der Waals surface area contributed by atoms with E-state index in [0.717, 1.165) is 16.7 Å². The lowest BCUT2D eigenvalue weighted by Gasteiger charge is -2.16. The van der Waals surface area contributed by atoms with Crippen LogP contribution in [0.1, 0.15) is 16.8 Å². The third kappa shape index (κ3) is 4.12. The Bertz CT molecular complexity index is 1610. The van der Waals surface area contributed by atoms with E-state index in [1.54, 1.807) is 31.2 Å². The molecule has 0 bridgehead atoms. The van der Waals surface area contributed by atoms with E-state index in [1.165, 1.54) is 4.68 Å². The second kappa shape index (κ2) is 8.82. The lowest BCUT2D eigenvalue weighted by atomic mass is 10.0. The third-order valence-corrected chi connectivity index (χ3v) is 5.82. The van der Waals surface area contributed by atoms with Crippen LogP contribution in [0, 0.1) is 20.8 Å². The van der Waals surface area contributed by atoms with Crippen molar-refractivity contribution in [1.82, 2.24) is 30.4 Å². The molecule has 0 spiro atoms. The van der Waals surface area contributed by atoms with Gasteiger partial charge in [-0.05, 0) is 72.5 Å². The Kier molecular flexibility index (Phi) is 5.54. The van der Waals surface area contributed by atoms with Crippen molar-refractivity contribution >= 4 is 11.4 Å². The maximum absolute atomic E-state index is 13.2. The molecule has 0 radical (unpaired) electrons. The van der Waals surface area contributed by atoms with Crippen LogP contribution in [0.4, 0.5) is 11.4 Å². The predicted molar refractivity (Wildman–Crippen MR) is 129 cm³/mol. The molecule has 0 aliphatic carbocycles. The Morgan fingerprint density at radius 1 is 0.914 bits per heavy atom. The first-order valence-electron chi connectivity index (χ1n) is 10.9. The second-order valence-corrected chi connectivity index (χ2v) is 8.16. The number of para-hydroxylation sites is 1. The van der Waals surface area contributed by atoms with Gasteiger partial charge < -0.3 is 5.11 Å². The lowest BCUT2D eigenvalue weighted by molar-refractivity contribution is -0.266. The summed E-state index contributed by atoms with van der Waals surface area (Å²) in [6.07, 6.45) is 0. The second-order valence-electron chi connectivity index (χ2n) is 8.16. The van der Waals surface area contributed by atoms with Gasteiger partial charge in [-0.2, -0.15) is 10.3 Å². The van der Waals surface area contributed by atoms with Crippen LogP contribution in [-0.2, 0) is 0 Å². The maximum atomic E-state index is 13.2. The number of tetrazole rings is 1. The Hall–Kier alpha value is -4.86. The number of H-pyrrole nitrogens is 2. The summed E-state index contributed by atoms with van der Waals surface area (Å²) < 4.78 is 1.42. The van der Waals surface area contributed by atoms with Gasteiger partial charge in [0.1, 0.15) is 0 Å². The van der Waals surface area contributed by atoms with Crippen LogP contribution >= 0.6 is 0 Å². The zero-order valence-corrected chi connectivity index (χ0v) is 19.3. The highest BCUT2D eigenvalue weighted by Crippen LogP contribution is 2.36. The number of rotatable bonds is 5. The van der Waals surface area contributed by atoms with E-state index in [0.29, 0.717) is 28.3 Å². The molecule has 0 amide bonds. The molecule has 0 saturated carbocycles. The van der Waals surface area contributed by atoms with Gasteiger partial charge in [-0.15, -0.1) is 15.3 Å². The molecule has 0 saturated heterocycles. The quantitative estimate of drug-likeness (QED) is 0.370.